The molecule has 0 saturated carbocycles. The molecule has 0 aromatic rings. The van der Waals surface area contributed by atoms with Crippen LogP contribution in [0.2, 0.25) is 0 Å². The quantitative estimate of drug-likeness (QED) is 0.564. The molecular weight excluding hydrogens is 259 g/mol. The second-order valence-corrected chi connectivity index (χ2v) is 4.30. The summed E-state index contributed by atoms with van der Waals surface area (Å²) in [6, 6.07) is 0. The number of thioether (sulfide) groups is 1. The van der Waals surface area contributed by atoms with Crippen LogP contribution in [0.25, 0.3) is 0 Å². The SMILES string of the molecule is O=C(I)CC1C=CC=CS1. The molecule has 1 aliphatic rings. The molecule has 0 saturated heterocycles. The Morgan fingerprint density at radius 2 is 2.40 bits per heavy atom. The average molecular weight is 266 g/mol. The third-order valence-electron chi connectivity index (χ3n) is 1.13. The minimum absolute atomic E-state index is 0.232. The predicted octanol–water partition coefficient (Wildman–Crippen LogP) is 2.52. The summed E-state index contributed by atoms with van der Waals surface area (Å²) in [6.07, 6.45) is 6.67. The highest BCUT2D eigenvalue weighted by Gasteiger charge is 2.08. The lowest BCUT2D eigenvalue weighted by Gasteiger charge is -2.08. The van der Waals surface area contributed by atoms with Crippen LogP contribution in [0.1, 0.15) is 6.42 Å². The Kier molecular flexibility index (Phi) is 3.48. The number of carbonyl (C=O) groups excluding carboxylic acids is 1. The van der Waals surface area contributed by atoms with Crippen molar-refractivity contribution in [3.63, 3.8) is 0 Å². The van der Waals surface area contributed by atoms with Gasteiger partial charge in [-0.2, -0.15) is 0 Å². The molecule has 0 N–H and O–H groups in total. The minimum Gasteiger partial charge on any atom is -0.288 e. The summed E-state index contributed by atoms with van der Waals surface area (Å²) in [6.45, 7) is 0. The topological polar surface area (TPSA) is 17.1 Å². The van der Waals surface area contributed by atoms with Crippen molar-refractivity contribution in [3.8, 4) is 0 Å². The summed E-state index contributed by atoms with van der Waals surface area (Å²) in [5, 5.41) is 2.39. The van der Waals surface area contributed by atoms with Crippen LogP contribution in [0.5, 0.6) is 0 Å². The third-order valence-corrected chi connectivity index (χ3v) is 2.56. The maximum absolute atomic E-state index is 10.6. The number of hydrogen-bond donors (Lipinski definition) is 0. The van der Waals surface area contributed by atoms with Crippen molar-refractivity contribution in [3.05, 3.63) is 23.6 Å². The molecule has 0 amide bonds. The first-order chi connectivity index (χ1) is 4.79. The highest BCUT2D eigenvalue weighted by Crippen LogP contribution is 2.22. The van der Waals surface area contributed by atoms with Crippen LogP contribution < -0.4 is 0 Å². The van der Waals surface area contributed by atoms with Gasteiger partial charge in [0.2, 0.25) is 0 Å². The van der Waals surface area contributed by atoms with Crippen LogP contribution in [0.15, 0.2) is 23.6 Å². The molecule has 1 unspecified atom stereocenters. The van der Waals surface area contributed by atoms with Gasteiger partial charge in [-0.05, 0) is 28.0 Å². The van der Waals surface area contributed by atoms with E-state index in [1.54, 1.807) is 11.8 Å². The van der Waals surface area contributed by atoms with Gasteiger partial charge >= 0.3 is 0 Å². The maximum Gasteiger partial charge on any atom is 0.193 e. The number of carbonyl (C=O) groups is 1. The lowest BCUT2D eigenvalue weighted by molar-refractivity contribution is -0.109. The lowest BCUT2D eigenvalue weighted by atomic mass is 10.3. The van der Waals surface area contributed by atoms with Gasteiger partial charge in [0.1, 0.15) is 0 Å². The fraction of sp³-hybridized carbons (Fsp3) is 0.286. The van der Waals surface area contributed by atoms with Gasteiger partial charge in [-0.15, -0.1) is 11.8 Å². The van der Waals surface area contributed by atoms with E-state index in [0.29, 0.717) is 11.7 Å². The molecule has 1 atom stereocenters. The van der Waals surface area contributed by atoms with E-state index in [1.165, 1.54) is 0 Å². The summed E-state index contributed by atoms with van der Waals surface area (Å²) in [4.78, 5) is 10.6. The van der Waals surface area contributed by atoms with Crippen molar-refractivity contribution in [1.29, 1.82) is 0 Å². The molecule has 3 heteroatoms. The first-order valence-electron chi connectivity index (χ1n) is 2.96. The molecule has 1 heterocycles. The summed E-state index contributed by atoms with van der Waals surface area (Å²) in [5.41, 5.74) is 0. The monoisotopic (exact) mass is 266 g/mol. The molecule has 0 aromatic heterocycles. The van der Waals surface area contributed by atoms with Crippen LogP contribution in [-0.4, -0.2) is 9.04 Å². The molecule has 10 heavy (non-hydrogen) atoms. The largest absolute Gasteiger partial charge is 0.288 e. The molecule has 1 nitrogen and oxygen atoms in total. The predicted molar refractivity (Wildman–Crippen MR) is 53.3 cm³/mol. The fourth-order valence-corrected chi connectivity index (χ4v) is 2.29. The molecular formula is C7H7IOS. The average Bonchev–Trinajstić information content (AvgIpc) is 1.88. The Morgan fingerprint density at radius 3 is 2.90 bits per heavy atom. The van der Waals surface area contributed by atoms with Crippen molar-refractivity contribution in [1.82, 2.24) is 0 Å². The summed E-state index contributed by atoms with van der Waals surface area (Å²) >= 11 is 3.53. The van der Waals surface area contributed by atoms with Gasteiger partial charge in [-0.1, -0.05) is 18.2 Å². The zero-order valence-electron chi connectivity index (χ0n) is 5.29. The molecule has 0 aromatic carbocycles. The van der Waals surface area contributed by atoms with E-state index < -0.39 is 0 Å². The van der Waals surface area contributed by atoms with Gasteiger partial charge < -0.3 is 0 Å². The van der Waals surface area contributed by atoms with Crippen molar-refractivity contribution in [2.24, 2.45) is 0 Å². The highest BCUT2D eigenvalue weighted by atomic mass is 127. The molecule has 0 bridgehead atoms. The zero-order valence-corrected chi connectivity index (χ0v) is 8.26. The van der Waals surface area contributed by atoms with Gasteiger partial charge in [0, 0.05) is 11.7 Å². The molecule has 0 radical (unpaired) electrons. The van der Waals surface area contributed by atoms with Gasteiger partial charge in [0.05, 0.1) is 0 Å². The summed E-state index contributed by atoms with van der Waals surface area (Å²) in [5.74, 6) is 0. The molecule has 54 valence electrons. The van der Waals surface area contributed by atoms with Gasteiger partial charge in [0.15, 0.2) is 3.79 Å². The van der Waals surface area contributed by atoms with Crippen molar-refractivity contribution in [2.45, 2.75) is 11.7 Å². The smallest absolute Gasteiger partial charge is 0.193 e. The lowest BCUT2D eigenvalue weighted by Crippen LogP contribution is -2.02. The second kappa shape index (κ2) is 4.18. The van der Waals surface area contributed by atoms with Crippen LogP contribution in [0, 0.1) is 0 Å². The van der Waals surface area contributed by atoms with E-state index in [-0.39, 0.29) is 3.79 Å². The Morgan fingerprint density at radius 1 is 1.60 bits per heavy atom. The molecule has 0 fully saturated rings. The first-order valence-corrected chi connectivity index (χ1v) is 4.98. The number of rotatable bonds is 2. The summed E-state index contributed by atoms with van der Waals surface area (Å²) in [7, 11) is 0. The van der Waals surface area contributed by atoms with E-state index in [1.807, 2.05) is 40.2 Å². The highest BCUT2D eigenvalue weighted by molar-refractivity contribution is 14.1. The van der Waals surface area contributed by atoms with E-state index >= 15 is 0 Å². The molecule has 1 aliphatic heterocycles. The normalized spacial score (nSPS) is 23.1. The third kappa shape index (κ3) is 2.88. The molecule has 0 spiro atoms. The van der Waals surface area contributed by atoms with Gasteiger partial charge in [-0.25, -0.2) is 0 Å². The number of hydrogen-bond acceptors (Lipinski definition) is 2. The molecule has 0 aliphatic carbocycles. The van der Waals surface area contributed by atoms with Crippen LogP contribution in [-0.2, 0) is 4.79 Å². The Labute approximate surface area is 78.1 Å². The van der Waals surface area contributed by atoms with Crippen LogP contribution in [0.3, 0.4) is 0 Å². The second-order valence-electron chi connectivity index (χ2n) is 1.95. The van der Waals surface area contributed by atoms with E-state index in [0.717, 1.165) is 0 Å². The van der Waals surface area contributed by atoms with Crippen molar-refractivity contribution in [2.75, 3.05) is 0 Å². The molecule has 1 rings (SSSR count). The Hall–Kier alpha value is 0.230. The van der Waals surface area contributed by atoms with Crippen molar-refractivity contribution < 1.29 is 4.79 Å². The van der Waals surface area contributed by atoms with Crippen molar-refractivity contribution >= 4 is 38.1 Å². The minimum atomic E-state index is 0.232. The standard InChI is InChI=1S/C7H7IOS/c8-7(9)5-6-3-1-2-4-10-6/h1-4,6H,5H2. The zero-order chi connectivity index (χ0) is 7.40. The van der Waals surface area contributed by atoms with E-state index in [2.05, 4.69) is 6.08 Å². The maximum atomic E-state index is 10.6. The Bertz CT molecular complexity index is 186. The number of halogens is 1. The first kappa shape index (κ1) is 8.33. The number of allylic oxidation sites excluding steroid dienone is 2. The van der Waals surface area contributed by atoms with E-state index in [9.17, 15) is 4.79 Å². The van der Waals surface area contributed by atoms with Crippen LogP contribution in [0.4, 0.5) is 0 Å². The van der Waals surface area contributed by atoms with E-state index in [4.69, 9.17) is 0 Å². The fourth-order valence-electron chi connectivity index (χ4n) is 0.699. The Balaban J connectivity index is 2.37. The van der Waals surface area contributed by atoms with Gasteiger partial charge in [-0.3, -0.25) is 4.79 Å². The summed E-state index contributed by atoms with van der Waals surface area (Å²) < 4.78 is 0.232. The van der Waals surface area contributed by atoms with Gasteiger partial charge in [0.25, 0.3) is 0 Å². The van der Waals surface area contributed by atoms with Crippen LogP contribution >= 0.6 is 34.4 Å².